The molecule has 0 fully saturated rings. The van der Waals surface area contributed by atoms with E-state index in [9.17, 15) is 4.39 Å². The van der Waals surface area contributed by atoms with Crippen molar-refractivity contribution in [3.05, 3.63) is 66.1 Å². The Balaban J connectivity index is 1.58. The second-order valence-corrected chi connectivity index (χ2v) is 6.59. The fourth-order valence-electron chi connectivity index (χ4n) is 3.30. The van der Waals surface area contributed by atoms with Crippen LogP contribution in [0.5, 0.6) is 0 Å². The molecule has 8 heteroatoms. The molecule has 0 aliphatic carbocycles. The number of imidazole rings is 1. The predicted molar refractivity (Wildman–Crippen MR) is 98.7 cm³/mol. The molecular formula is C19H16FN7. The monoisotopic (exact) mass is 361 g/mol. The van der Waals surface area contributed by atoms with E-state index in [2.05, 4.69) is 20.3 Å². The van der Waals surface area contributed by atoms with E-state index in [0.717, 1.165) is 33.5 Å². The second-order valence-electron chi connectivity index (χ2n) is 6.59. The summed E-state index contributed by atoms with van der Waals surface area (Å²) in [4.78, 5) is 4.39. The lowest BCUT2D eigenvalue weighted by Crippen LogP contribution is -2.02. The van der Waals surface area contributed by atoms with Gasteiger partial charge < -0.3 is 0 Å². The van der Waals surface area contributed by atoms with Crippen LogP contribution in [0.1, 0.15) is 11.3 Å². The van der Waals surface area contributed by atoms with Crippen molar-refractivity contribution < 1.29 is 4.39 Å². The maximum absolute atomic E-state index is 14.6. The molecule has 4 heterocycles. The van der Waals surface area contributed by atoms with Crippen LogP contribution in [0.15, 0.2) is 49.1 Å². The number of hydrogen-bond donors (Lipinski definition) is 0. The average Bonchev–Trinajstić information content (AvgIpc) is 3.36. The summed E-state index contributed by atoms with van der Waals surface area (Å²) in [5.41, 5.74) is 4.61. The van der Waals surface area contributed by atoms with Crippen LogP contribution in [0.2, 0.25) is 0 Å². The number of rotatable bonds is 3. The van der Waals surface area contributed by atoms with Gasteiger partial charge in [0.2, 0.25) is 0 Å². The number of halogens is 1. The van der Waals surface area contributed by atoms with Crippen LogP contribution in [-0.2, 0) is 20.5 Å². The quantitative estimate of drug-likeness (QED) is 0.496. The third-order valence-electron chi connectivity index (χ3n) is 4.72. The van der Waals surface area contributed by atoms with Crippen molar-refractivity contribution >= 4 is 16.6 Å². The summed E-state index contributed by atoms with van der Waals surface area (Å²) in [5, 5.41) is 14.0. The van der Waals surface area contributed by atoms with E-state index in [4.69, 9.17) is 0 Å². The van der Waals surface area contributed by atoms with Crippen LogP contribution in [0, 0.1) is 5.82 Å². The maximum atomic E-state index is 14.6. The minimum absolute atomic E-state index is 0.260. The van der Waals surface area contributed by atoms with Crippen molar-refractivity contribution in [1.82, 2.24) is 34.2 Å². The van der Waals surface area contributed by atoms with Gasteiger partial charge in [-0.1, -0.05) is 0 Å². The van der Waals surface area contributed by atoms with E-state index in [-0.39, 0.29) is 5.82 Å². The molecule has 5 rings (SSSR count). The van der Waals surface area contributed by atoms with Crippen molar-refractivity contribution in [3.8, 4) is 11.3 Å². The third kappa shape index (κ3) is 2.57. The van der Waals surface area contributed by atoms with Crippen LogP contribution in [-0.4, -0.2) is 34.2 Å². The standard InChI is InChI=1S/C19H16FN7/c1-25-11-14(9-22-25)17-3-4-19-21-10-15(27(19)24-17)6-12-5-13-8-23-26(2)18(13)7-16(12)20/h3-5,7-11H,6H2,1-2H3. The number of hydrogen-bond acceptors (Lipinski definition) is 4. The lowest BCUT2D eigenvalue weighted by atomic mass is 10.1. The Morgan fingerprint density at radius 3 is 2.74 bits per heavy atom. The molecule has 1 aromatic carbocycles. The van der Waals surface area contributed by atoms with Crippen molar-refractivity contribution in [2.45, 2.75) is 6.42 Å². The summed E-state index contributed by atoms with van der Waals surface area (Å²) in [6.07, 6.45) is 7.54. The Morgan fingerprint density at radius 2 is 1.93 bits per heavy atom. The fraction of sp³-hybridized carbons (Fsp3) is 0.158. The van der Waals surface area contributed by atoms with Gasteiger partial charge in [0.05, 0.1) is 35.5 Å². The highest BCUT2D eigenvalue weighted by Gasteiger charge is 2.13. The molecule has 27 heavy (non-hydrogen) atoms. The first kappa shape index (κ1) is 15.7. The van der Waals surface area contributed by atoms with E-state index in [1.54, 1.807) is 39.5 Å². The summed E-state index contributed by atoms with van der Waals surface area (Å²) in [5.74, 6) is -0.260. The normalized spacial score (nSPS) is 11.7. The summed E-state index contributed by atoms with van der Waals surface area (Å²) < 4.78 is 19.8. The molecule has 0 radical (unpaired) electrons. The zero-order chi connectivity index (χ0) is 18.5. The van der Waals surface area contributed by atoms with E-state index < -0.39 is 0 Å². The molecular weight excluding hydrogens is 345 g/mol. The highest BCUT2D eigenvalue weighted by Crippen LogP contribution is 2.22. The summed E-state index contributed by atoms with van der Waals surface area (Å²) in [6.45, 7) is 0. The van der Waals surface area contributed by atoms with Crippen LogP contribution in [0.3, 0.4) is 0 Å². The minimum atomic E-state index is -0.260. The molecule has 0 atom stereocenters. The molecule has 0 bridgehead atoms. The molecule has 0 spiro atoms. The van der Waals surface area contributed by atoms with Gasteiger partial charge in [-0.2, -0.15) is 15.3 Å². The molecule has 0 unspecified atom stereocenters. The molecule has 4 aromatic heterocycles. The molecule has 0 saturated heterocycles. The Bertz CT molecular complexity index is 1290. The van der Waals surface area contributed by atoms with Gasteiger partial charge in [0.25, 0.3) is 0 Å². The zero-order valence-corrected chi connectivity index (χ0v) is 14.8. The van der Waals surface area contributed by atoms with Crippen LogP contribution < -0.4 is 0 Å². The van der Waals surface area contributed by atoms with Crippen LogP contribution in [0.25, 0.3) is 27.8 Å². The lowest BCUT2D eigenvalue weighted by Gasteiger charge is -2.05. The van der Waals surface area contributed by atoms with Gasteiger partial charge in [0.1, 0.15) is 5.82 Å². The molecule has 0 saturated carbocycles. The van der Waals surface area contributed by atoms with Crippen molar-refractivity contribution in [3.63, 3.8) is 0 Å². The van der Waals surface area contributed by atoms with Gasteiger partial charge in [-0.05, 0) is 23.8 Å². The lowest BCUT2D eigenvalue weighted by molar-refractivity contribution is 0.613. The third-order valence-corrected chi connectivity index (χ3v) is 4.72. The van der Waals surface area contributed by atoms with Crippen molar-refractivity contribution in [2.24, 2.45) is 14.1 Å². The number of aryl methyl sites for hydroxylation is 2. The van der Waals surface area contributed by atoms with E-state index in [1.165, 1.54) is 6.07 Å². The first-order chi connectivity index (χ1) is 13.1. The zero-order valence-electron chi connectivity index (χ0n) is 14.8. The predicted octanol–water partition coefficient (Wildman–Crippen LogP) is 2.75. The van der Waals surface area contributed by atoms with Gasteiger partial charge in [-0.3, -0.25) is 9.36 Å². The minimum Gasteiger partial charge on any atom is -0.275 e. The average molecular weight is 361 g/mol. The van der Waals surface area contributed by atoms with Gasteiger partial charge in [-0.25, -0.2) is 13.9 Å². The maximum Gasteiger partial charge on any atom is 0.153 e. The van der Waals surface area contributed by atoms with Gasteiger partial charge in [0, 0.05) is 43.7 Å². The van der Waals surface area contributed by atoms with E-state index in [0.29, 0.717) is 12.0 Å². The molecule has 0 amide bonds. The number of nitrogens with zero attached hydrogens (tertiary/aromatic N) is 7. The van der Waals surface area contributed by atoms with E-state index >= 15 is 0 Å². The molecule has 134 valence electrons. The van der Waals surface area contributed by atoms with Crippen molar-refractivity contribution in [2.75, 3.05) is 0 Å². The Kier molecular flexibility index (Phi) is 3.33. The first-order valence-electron chi connectivity index (χ1n) is 8.51. The second kappa shape index (κ2) is 5.73. The van der Waals surface area contributed by atoms with Crippen LogP contribution >= 0.6 is 0 Å². The van der Waals surface area contributed by atoms with E-state index in [1.807, 2.05) is 31.4 Å². The molecule has 0 aliphatic heterocycles. The SMILES string of the molecule is Cn1cc(-c2ccc3ncc(Cc4cc5cnn(C)c5cc4F)n3n2)cn1. The molecule has 0 N–H and O–H groups in total. The number of benzene rings is 1. The molecule has 5 aromatic rings. The van der Waals surface area contributed by atoms with Gasteiger partial charge >= 0.3 is 0 Å². The fourth-order valence-corrected chi connectivity index (χ4v) is 3.30. The Labute approximate surface area is 153 Å². The smallest absolute Gasteiger partial charge is 0.153 e. The summed E-state index contributed by atoms with van der Waals surface area (Å²) in [6, 6.07) is 7.17. The van der Waals surface area contributed by atoms with Gasteiger partial charge in [-0.15, -0.1) is 0 Å². The van der Waals surface area contributed by atoms with Crippen LogP contribution in [0.4, 0.5) is 4.39 Å². The topological polar surface area (TPSA) is 65.8 Å². The summed E-state index contributed by atoms with van der Waals surface area (Å²) >= 11 is 0. The molecule has 7 nitrogen and oxygen atoms in total. The van der Waals surface area contributed by atoms with Crippen molar-refractivity contribution in [1.29, 1.82) is 0 Å². The number of aromatic nitrogens is 7. The first-order valence-corrected chi connectivity index (χ1v) is 8.51. The van der Waals surface area contributed by atoms with Gasteiger partial charge in [0.15, 0.2) is 5.65 Å². The number of fused-ring (bicyclic) bond motifs is 2. The highest BCUT2D eigenvalue weighted by atomic mass is 19.1. The highest BCUT2D eigenvalue weighted by molar-refractivity contribution is 5.79. The molecule has 0 aliphatic rings. The largest absolute Gasteiger partial charge is 0.275 e. The summed E-state index contributed by atoms with van der Waals surface area (Å²) in [7, 11) is 3.66. The Morgan fingerprint density at radius 1 is 1.04 bits per heavy atom. The Hall–Kier alpha value is -3.55.